The molecule has 1 N–H and O–H groups in total. The number of hydrogen-bond acceptors (Lipinski definition) is 4. The number of H-pyrrole nitrogens is 1. The van der Waals surface area contributed by atoms with Gasteiger partial charge in [0.1, 0.15) is 11.9 Å². The molecule has 0 fully saturated rings. The predicted molar refractivity (Wildman–Crippen MR) is 144 cm³/mol. The first-order chi connectivity index (χ1) is 19.3. The smallest absolute Gasteiger partial charge is 0.216 e. The first kappa shape index (κ1) is 23.2. The second kappa shape index (κ2) is 10.1. The first-order valence-corrected chi connectivity index (χ1v) is 13.2. The number of rotatable bonds is 3. The zero-order valence-corrected chi connectivity index (χ0v) is 21.4. The molecule has 39 heavy (non-hydrogen) atoms. The van der Waals surface area contributed by atoms with E-state index in [1.54, 1.807) is 0 Å². The van der Waals surface area contributed by atoms with Crippen molar-refractivity contribution in [2.24, 2.45) is 0 Å². The monoisotopic (exact) mass is 512 g/mol. The molecule has 8 heteroatoms. The molecule has 4 aliphatic heterocycles. The normalized spacial score (nSPS) is 12.9. The molecule has 10 rings (SSSR count). The first-order valence-electron chi connectivity index (χ1n) is 13.2. The summed E-state index contributed by atoms with van der Waals surface area (Å²) in [5.41, 5.74) is 4.67. The van der Waals surface area contributed by atoms with Crippen LogP contribution in [0, 0.1) is 0 Å². The number of nitrogens with one attached hydrogen (secondary N) is 1. The summed E-state index contributed by atoms with van der Waals surface area (Å²) in [5, 5.41) is 12.6. The minimum absolute atomic E-state index is 0.0922. The number of aromatic amines is 1. The lowest BCUT2D eigenvalue weighted by Crippen LogP contribution is -2.35. The van der Waals surface area contributed by atoms with Crippen LogP contribution in [0.3, 0.4) is 0 Å². The van der Waals surface area contributed by atoms with Crippen LogP contribution in [0.15, 0.2) is 110 Å². The number of hydrogen-bond donors (Lipinski definition) is 1. The highest BCUT2D eigenvalue weighted by Gasteiger charge is 2.25. The second-order valence-corrected chi connectivity index (χ2v) is 9.92. The van der Waals surface area contributed by atoms with Gasteiger partial charge in [-0.3, -0.25) is 5.10 Å². The predicted octanol–water partition coefficient (Wildman–Crippen LogP) is 3.20. The van der Waals surface area contributed by atoms with Crippen LogP contribution in [-0.4, -0.2) is 29.9 Å². The summed E-state index contributed by atoms with van der Waals surface area (Å²) in [7, 11) is 0. The summed E-state index contributed by atoms with van der Waals surface area (Å²) in [6.45, 7) is 1.17. The molecule has 0 atom stereocenters. The van der Waals surface area contributed by atoms with Gasteiger partial charge >= 0.3 is 0 Å². The maximum atomic E-state index is 5.11. The van der Waals surface area contributed by atoms with Crippen LogP contribution in [0.5, 0.6) is 0 Å². The largest absolute Gasteiger partial charge is 0.263 e. The molecule has 0 amide bonds. The highest BCUT2D eigenvalue weighted by atomic mass is 15.4. The van der Waals surface area contributed by atoms with E-state index in [0.717, 1.165) is 28.9 Å². The molecule has 8 bridgehead atoms. The minimum atomic E-state index is -0.0922. The van der Waals surface area contributed by atoms with Gasteiger partial charge in [-0.15, -0.1) is 5.10 Å². The standard InChI is InChI=1S/C31H28N8/c1-3-7-25(8-4-1)31(26-9-5-2-6-10-26)39-30-22-38-17-13-24(14-18-38)20-28-32-27(34-35-28)19-23-11-15-37(16-12-23)21-29(33-30)36-39/h1-18,31H,19-22H2,(H,32,34,35)/q+2. The lowest BCUT2D eigenvalue weighted by molar-refractivity contribution is -0.690. The highest BCUT2D eigenvalue weighted by Crippen LogP contribution is 2.27. The van der Waals surface area contributed by atoms with Gasteiger partial charge in [0.15, 0.2) is 36.4 Å². The summed E-state index contributed by atoms with van der Waals surface area (Å²) in [4.78, 5) is 9.79. The fraction of sp³-hybridized carbons (Fsp3) is 0.161. The Labute approximate surface area is 226 Å². The fourth-order valence-corrected chi connectivity index (χ4v) is 5.15. The molecule has 0 saturated carbocycles. The van der Waals surface area contributed by atoms with Gasteiger partial charge in [0, 0.05) is 37.1 Å². The van der Waals surface area contributed by atoms with E-state index in [1.807, 2.05) is 12.1 Å². The Balaban J connectivity index is 1.34. The molecule has 2 aromatic carbocycles. The van der Waals surface area contributed by atoms with Gasteiger partial charge in [0.2, 0.25) is 18.9 Å². The maximum absolute atomic E-state index is 5.11. The zero-order chi connectivity index (χ0) is 26.0. The second-order valence-electron chi connectivity index (χ2n) is 9.92. The third kappa shape index (κ3) is 4.96. The van der Waals surface area contributed by atoms with Crippen molar-refractivity contribution in [1.29, 1.82) is 0 Å². The Morgan fingerprint density at radius 1 is 0.641 bits per heavy atom. The Kier molecular flexibility index (Phi) is 5.97. The Hall–Kier alpha value is -4.98. The molecule has 0 unspecified atom stereocenters. The summed E-state index contributed by atoms with van der Waals surface area (Å²) in [6.07, 6.45) is 9.73. The molecule has 190 valence electrons. The van der Waals surface area contributed by atoms with Crippen molar-refractivity contribution in [3.8, 4) is 0 Å². The SMILES string of the molecule is c1ccc(C(c2ccccc2)n2nc3nc2C[n+]2ccc(cc2)Cc2nc(n[nH]2)Cc2cc[n+](cc2)C3)cc1. The summed E-state index contributed by atoms with van der Waals surface area (Å²) >= 11 is 0. The molecule has 6 aromatic rings. The summed E-state index contributed by atoms with van der Waals surface area (Å²) < 4.78 is 6.36. The third-order valence-corrected chi connectivity index (χ3v) is 7.10. The van der Waals surface area contributed by atoms with Crippen LogP contribution in [0.1, 0.15) is 51.6 Å². The van der Waals surface area contributed by atoms with Gasteiger partial charge in [-0.05, 0) is 22.3 Å². The van der Waals surface area contributed by atoms with E-state index < -0.39 is 0 Å². The van der Waals surface area contributed by atoms with Crippen LogP contribution in [0.25, 0.3) is 0 Å². The Morgan fingerprint density at radius 3 is 1.87 bits per heavy atom. The van der Waals surface area contributed by atoms with Crippen molar-refractivity contribution < 1.29 is 9.13 Å². The molecular weight excluding hydrogens is 484 g/mol. The van der Waals surface area contributed by atoms with Crippen molar-refractivity contribution in [1.82, 2.24) is 29.9 Å². The van der Waals surface area contributed by atoms with Crippen molar-refractivity contribution in [3.05, 3.63) is 155 Å². The van der Waals surface area contributed by atoms with E-state index in [2.05, 4.69) is 122 Å². The average molecular weight is 513 g/mol. The van der Waals surface area contributed by atoms with E-state index >= 15 is 0 Å². The number of pyridine rings is 2. The van der Waals surface area contributed by atoms with Crippen molar-refractivity contribution >= 4 is 0 Å². The highest BCUT2D eigenvalue weighted by molar-refractivity contribution is 5.33. The van der Waals surface area contributed by atoms with Gasteiger partial charge in [-0.25, -0.2) is 14.6 Å². The van der Waals surface area contributed by atoms with Gasteiger partial charge in [0.05, 0.1) is 0 Å². The van der Waals surface area contributed by atoms with Gasteiger partial charge in [0.25, 0.3) is 0 Å². The van der Waals surface area contributed by atoms with Crippen LogP contribution >= 0.6 is 0 Å². The topological polar surface area (TPSA) is 80.0 Å². The molecule has 8 heterocycles. The van der Waals surface area contributed by atoms with E-state index in [4.69, 9.17) is 15.1 Å². The lowest BCUT2D eigenvalue weighted by Gasteiger charge is -2.19. The number of nitrogens with zero attached hydrogens (tertiary/aromatic N) is 7. The zero-order valence-electron chi connectivity index (χ0n) is 21.4. The average Bonchev–Trinajstić information content (AvgIpc) is 3.58. The molecule has 0 saturated heterocycles. The molecule has 8 nitrogen and oxygen atoms in total. The van der Waals surface area contributed by atoms with Crippen molar-refractivity contribution in [2.75, 3.05) is 0 Å². The Morgan fingerprint density at radius 2 is 1.23 bits per heavy atom. The van der Waals surface area contributed by atoms with Crippen LogP contribution < -0.4 is 9.13 Å². The third-order valence-electron chi connectivity index (χ3n) is 7.10. The van der Waals surface area contributed by atoms with Gasteiger partial charge < -0.3 is 0 Å². The molecule has 0 aliphatic carbocycles. The summed E-state index contributed by atoms with van der Waals surface area (Å²) in [6, 6.07) is 29.5. The van der Waals surface area contributed by atoms with Crippen LogP contribution in [0.2, 0.25) is 0 Å². The maximum Gasteiger partial charge on any atom is 0.216 e. The van der Waals surface area contributed by atoms with E-state index in [-0.39, 0.29) is 6.04 Å². The van der Waals surface area contributed by atoms with Gasteiger partial charge in [-0.2, -0.15) is 14.2 Å². The molecule has 4 aliphatic rings. The van der Waals surface area contributed by atoms with E-state index in [0.29, 0.717) is 25.9 Å². The molecule has 0 spiro atoms. The van der Waals surface area contributed by atoms with E-state index in [1.165, 1.54) is 16.7 Å². The minimum Gasteiger partial charge on any atom is -0.263 e. The molecular formula is C31H28N8+2. The Bertz CT molecular complexity index is 1650. The van der Waals surface area contributed by atoms with Crippen LogP contribution in [-0.2, 0) is 25.9 Å². The summed E-state index contributed by atoms with van der Waals surface area (Å²) in [5.74, 6) is 3.34. The van der Waals surface area contributed by atoms with Gasteiger partial charge in [-0.1, -0.05) is 60.7 Å². The van der Waals surface area contributed by atoms with Crippen molar-refractivity contribution in [3.63, 3.8) is 0 Å². The van der Waals surface area contributed by atoms with Crippen molar-refractivity contribution in [2.45, 2.75) is 32.0 Å². The molecule has 0 radical (unpaired) electrons. The number of aromatic nitrogens is 8. The quantitative estimate of drug-likeness (QED) is 0.369. The number of benzene rings is 2. The van der Waals surface area contributed by atoms with E-state index in [9.17, 15) is 0 Å². The lowest BCUT2D eigenvalue weighted by atomic mass is 9.99. The fourth-order valence-electron chi connectivity index (χ4n) is 5.15. The molecule has 4 aromatic heterocycles. The van der Waals surface area contributed by atoms with Crippen LogP contribution in [0.4, 0.5) is 0 Å².